The number of carboxylic acids is 1. The van der Waals surface area contributed by atoms with Crippen molar-refractivity contribution in [2.45, 2.75) is 0 Å². The van der Waals surface area contributed by atoms with Crippen molar-refractivity contribution >= 4 is 21.9 Å². The molecular weight excluding hydrogens is 307 g/mol. The van der Waals surface area contributed by atoms with Crippen LogP contribution < -0.4 is 5.43 Å². The Labute approximate surface area is 109 Å². The number of benzene rings is 1. The van der Waals surface area contributed by atoms with Gasteiger partial charge in [0.25, 0.3) is 0 Å². The van der Waals surface area contributed by atoms with Crippen LogP contribution in [0.15, 0.2) is 39.7 Å². The van der Waals surface area contributed by atoms with Crippen molar-refractivity contribution in [2.75, 3.05) is 0 Å². The largest absolute Gasteiger partial charge is 0.476 e. The highest BCUT2D eigenvalue weighted by molar-refractivity contribution is 9.10. The second-order valence-corrected chi connectivity index (χ2v) is 4.29. The maximum Gasteiger partial charge on any atom is 0.360 e. The number of carboxylic acid groups (broad SMARTS) is 1. The van der Waals surface area contributed by atoms with E-state index in [4.69, 9.17) is 5.11 Å². The van der Waals surface area contributed by atoms with Crippen LogP contribution in [0.2, 0.25) is 0 Å². The van der Waals surface area contributed by atoms with Crippen LogP contribution in [0.4, 0.5) is 4.39 Å². The predicted molar refractivity (Wildman–Crippen MR) is 64.5 cm³/mol. The molecule has 1 N–H and O–H groups in total. The number of hydrogen-bond acceptors (Lipinski definition) is 3. The van der Waals surface area contributed by atoms with E-state index in [2.05, 4.69) is 21.0 Å². The molecule has 0 saturated heterocycles. The summed E-state index contributed by atoms with van der Waals surface area (Å²) in [5.74, 6) is -2.03. The van der Waals surface area contributed by atoms with Gasteiger partial charge >= 0.3 is 5.97 Å². The Kier molecular flexibility index (Phi) is 3.24. The van der Waals surface area contributed by atoms with Gasteiger partial charge in [0.05, 0.1) is 0 Å². The average Bonchev–Trinajstić information content (AvgIpc) is 2.33. The van der Waals surface area contributed by atoms with Crippen LogP contribution in [0.5, 0.6) is 0 Å². The molecule has 0 unspecified atom stereocenters. The average molecular weight is 313 g/mol. The summed E-state index contributed by atoms with van der Waals surface area (Å²) in [6.45, 7) is 0. The first-order chi connectivity index (χ1) is 8.49. The molecule has 1 aromatic carbocycles. The van der Waals surface area contributed by atoms with Gasteiger partial charge in [-0.05, 0) is 18.2 Å². The molecule has 2 aromatic rings. The van der Waals surface area contributed by atoms with E-state index in [9.17, 15) is 14.0 Å². The summed E-state index contributed by atoms with van der Waals surface area (Å²) in [6, 6.07) is 5.16. The molecule has 2 rings (SSSR count). The molecule has 0 aliphatic carbocycles. The zero-order valence-electron chi connectivity index (χ0n) is 8.80. The van der Waals surface area contributed by atoms with E-state index in [-0.39, 0.29) is 5.69 Å². The third kappa shape index (κ3) is 2.30. The molecule has 0 fully saturated rings. The fraction of sp³-hybridized carbons (Fsp3) is 0. The van der Waals surface area contributed by atoms with Gasteiger partial charge in [-0.3, -0.25) is 4.79 Å². The van der Waals surface area contributed by atoms with E-state index in [1.54, 1.807) is 0 Å². The number of nitrogens with zero attached hydrogens (tertiary/aromatic N) is 2. The molecule has 0 atom stereocenters. The highest BCUT2D eigenvalue weighted by Gasteiger charge is 2.13. The molecule has 0 bridgehead atoms. The molecule has 0 aliphatic rings. The quantitative estimate of drug-likeness (QED) is 0.918. The van der Waals surface area contributed by atoms with Gasteiger partial charge in [0.15, 0.2) is 0 Å². The lowest BCUT2D eigenvalue weighted by atomic mass is 10.3. The normalized spacial score (nSPS) is 10.3. The molecule has 0 aliphatic heterocycles. The molecule has 0 spiro atoms. The first-order valence-corrected chi connectivity index (χ1v) is 5.57. The summed E-state index contributed by atoms with van der Waals surface area (Å²) >= 11 is 3.17. The smallest absolute Gasteiger partial charge is 0.360 e. The van der Waals surface area contributed by atoms with E-state index >= 15 is 0 Å². The van der Waals surface area contributed by atoms with Gasteiger partial charge < -0.3 is 5.11 Å². The van der Waals surface area contributed by atoms with Crippen molar-refractivity contribution in [3.8, 4) is 5.69 Å². The monoisotopic (exact) mass is 312 g/mol. The molecular formula is C11H6BrFN2O3. The summed E-state index contributed by atoms with van der Waals surface area (Å²) in [6.07, 6.45) is 1.21. The highest BCUT2D eigenvalue weighted by atomic mass is 79.9. The van der Waals surface area contributed by atoms with Crippen LogP contribution in [0.3, 0.4) is 0 Å². The van der Waals surface area contributed by atoms with Crippen LogP contribution in [-0.2, 0) is 0 Å². The van der Waals surface area contributed by atoms with E-state index < -0.39 is 22.9 Å². The first kappa shape index (κ1) is 12.4. The van der Waals surface area contributed by atoms with Gasteiger partial charge in [-0.1, -0.05) is 15.9 Å². The second kappa shape index (κ2) is 4.69. The molecule has 0 saturated carbocycles. The zero-order valence-corrected chi connectivity index (χ0v) is 10.4. The maximum absolute atomic E-state index is 13.6. The Hall–Kier alpha value is -2.02. The van der Waals surface area contributed by atoms with Crippen molar-refractivity contribution < 1.29 is 14.3 Å². The number of aromatic nitrogens is 2. The molecule has 5 nitrogen and oxygen atoms in total. The summed E-state index contributed by atoms with van der Waals surface area (Å²) in [7, 11) is 0. The van der Waals surface area contributed by atoms with Crippen LogP contribution in [0.25, 0.3) is 5.69 Å². The van der Waals surface area contributed by atoms with E-state index in [1.165, 1.54) is 24.4 Å². The van der Waals surface area contributed by atoms with Crippen molar-refractivity contribution in [1.29, 1.82) is 0 Å². The molecule has 92 valence electrons. The number of rotatable bonds is 2. The predicted octanol–water partition coefficient (Wildman–Crippen LogP) is 1.83. The summed E-state index contributed by atoms with van der Waals surface area (Å²) in [5.41, 5.74) is -1.34. The Morgan fingerprint density at radius 1 is 1.39 bits per heavy atom. The minimum absolute atomic E-state index is 0.0480. The first-order valence-electron chi connectivity index (χ1n) is 4.78. The van der Waals surface area contributed by atoms with Gasteiger partial charge in [0.2, 0.25) is 11.1 Å². The molecule has 0 amide bonds. The lowest BCUT2D eigenvalue weighted by Gasteiger charge is -2.07. The fourth-order valence-electron chi connectivity index (χ4n) is 1.35. The van der Waals surface area contributed by atoms with E-state index in [0.717, 1.165) is 10.7 Å². The second-order valence-electron chi connectivity index (χ2n) is 3.37. The lowest BCUT2D eigenvalue weighted by Crippen LogP contribution is -2.20. The lowest BCUT2D eigenvalue weighted by molar-refractivity contribution is 0.0686. The summed E-state index contributed by atoms with van der Waals surface area (Å²) in [4.78, 5) is 22.0. The van der Waals surface area contributed by atoms with Gasteiger partial charge in [0, 0.05) is 16.7 Å². The third-order valence-electron chi connectivity index (χ3n) is 2.17. The zero-order chi connectivity index (χ0) is 13.3. The van der Waals surface area contributed by atoms with Crippen LogP contribution >= 0.6 is 15.9 Å². The number of aromatic carboxylic acids is 1. The fourth-order valence-corrected chi connectivity index (χ4v) is 1.70. The maximum atomic E-state index is 13.6. The van der Waals surface area contributed by atoms with Crippen LogP contribution in [-0.4, -0.2) is 20.9 Å². The van der Waals surface area contributed by atoms with Gasteiger partial charge in [-0.25, -0.2) is 13.9 Å². The van der Waals surface area contributed by atoms with Crippen LogP contribution in [0, 0.1) is 5.82 Å². The van der Waals surface area contributed by atoms with Crippen LogP contribution in [0.1, 0.15) is 10.5 Å². The Bertz CT molecular complexity index is 684. The molecule has 7 heteroatoms. The Morgan fingerprint density at radius 2 is 2.11 bits per heavy atom. The van der Waals surface area contributed by atoms with E-state index in [0.29, 0.717) is 4.47 Å². The van der Waals surface area contributed by atoms with Crippen molar-refractivity contribution in [3.05, 3.63) is 56.7 Å². The molecule has 0 radical (unpaired) electrons. The summed E-state index contributed by atoms with van der Waals surface area (Å²) in [5, 5.41) is 12.4. The molecule has 1 aromatic heterocycles. The number of carbonyl (C=O) groups is 1. The number of halogens is 2. The minimum Gasteiger partial charge on any atom is -0.476 e. The third-order valence-corrected chi connectivity index (χ3v) is 2.66. The van der Waals surface area contributed by atoms with Crippen molar-refractivity contribution in [1.82, 2.24) is 9.78 Å². The van der Waals surface area contributed by atoms with Gasteiger partial charge in [-0.15, -0.1) is 0 Å². The van der Waals surface area contributed by atoms with Crippen molar-refractivity contribution in [3.63, 3.8) is 0 Å². The van der Waals surface area contributed by atoms with Gasteiger partial charge in [-0.2, -0.15) is 5.10 Å². The van der Waals surface area contributed by atoms with Crippen molar-refractivity contribution in [2.24, 2.45) is 0 Å². The van der Waals surface area contributed by atoms with Gasteiger partial charge in [0.1, 0.15) is 11.5 Å². The van der Waals surface area contributed by atoms with E-state index in [1.807, 2.05) is 0 Å². The highest BCUT2D eigenvalue weighted by Crippen LogP contribution is 2.18. The standard InChI is InChI=1S/C11H6BrFN2O3/c12-6-1-2-7(13)8(5-6)15-4-3-9(16)10(14-15)11(17)18/h1-5H,(H,17,18). The topological polar surface area (TPSA) is 72.2 Å². The Morgan fingerprint density at radius 3 is 2.78 bits per heavy atom. The SMILES string of the molecule is O=C(O)c1nn(-c2cc(Br)ccc2F)ccc1=O. The minimum atomic E-state index is -1.45. The number of hydrogen-bond donors (Lipinski definition) is 1. The Balaban J connectivity index is 2.65. The molecule has 1 heterocycles. The molecule has 18 heavy (non-hydrogen) atoms. The summed E-state index contributed by atoms with van der Waals surface area (Å²) < 4.78 is 15.2.